The Morgan fingerprint density at radius 1 is 0.786 bits per heavy atom. The molecule has 142 valence electrons. The molecule has 4 rings (SSSR count). The molecule has 0 aliphatic carbocycles. The second-order valence-electron chi connectivity index (χ2n) is 5.68. The molecule has 0 radical (unpaired) electrons. The Morgan fingerprint density at radius 2 is 1.21 bits per heavy atom. The molecule has 28 heavy (non-hydrogen) atoms. The zero-order chi connectivity index (χ0) is 20.1. The number of non-ortho nitro benzene ring substituents is 1. The number of benzene rings is 2. The molecule has 0 amide bonds. The quantitative estimate of drug-likeness (QED) is 0.320. The summed E-state index contributed by atoms with van der Waals surface area (Å²) in [4.78, 5) is 9.95. The largest absolute Gasteiger partial charge is 0.421 e. The van der Waals surface area contributed by atoms with Gasteiger partial charge in [-0.05, 0) is 36.4 Å². The molecular formula is C18H16N6O4. The van der Waals surface area contributed by atoms with E-state index in [-0.39, 0.29) is 5.69 Å². The van der Waals surface area contributed by atoms with E-state index in [2.05, 4.69) is 20.4 Å². The predicted octanol–water partition coefficient (Wildman–Crippen LogP) is 3.58. The van der Waals surface area contributed by atoms with Crippen LogP contribution < -0.4 is 5.73 Å². The van der Waals surface area contributed by atoms with Gasteiger partial charge >= 0.3 is 0 Å². The van der Waals surface area contributed by atoms with Gasteiger partial charge in [-0.2, -0.15) is 0 Å². The second kappa shape index (κ2) is 8.08. The van der Waals surface area contributed by atoms with E-state index in [1.165, 1.54) is 12.1 Å². The van der Waals surface area contributed by atoms with E-state index < -0.39 is 4.92 Å². The third kappa shape index (κ3) is 4.55. The third-order valence-electron chi connectivity index (χ3n) is 3.53. The highest BCUT2D eigenvalue weighted by atomic mass is 16.6. The lowest BCUT2D eigenvalue weighted by atomic mass is 10.2. The maximum Gasteiger partial charge on any atom is 0.269 e. The highest BCUT2D eigenvalue weighted by molar-refractivity contribution is 5.57. The van der Waals surface area contributed by atoms with Crippen LogP contribution in [0.4, 0.5) is 11.4 Å². The number of aromatic nitrogens is 4. The second-order valence-corrected chi connectivity index (χ2v) is 5.68. The van der Waals surface area contributed by atoms with Crippen molar-refractivity contribution in [1.82, 2.24) is 20.4 Å². The summed E-state index contributed by atoms with van der Waals surface area (Å²) < 4.78 is 10.4. The SMILES string of the molecule is Cc1nnc(-c2ccc(N)cc2)o1.Cc1nnc(-c2ccc([N+](=O)[O-])cc2)o1. The maximum atomic E-state index is 10.4. The van der Waals surface area contributed by atoms with Gasteiger partial charge in [0, 0.05) is 42.8 Å². The Balaban J connectivity index is 0.000000162. The minimum Gasteiger partial charge on any atom is -0.421 e. The Hall–Kier alpha value is -4.08. The van der Waals surface area contributed by atoms with Crippen LogP contribution in [0.25, 0.3) is 22.9 Å². The summed E-state index contributed by atoms with van der Waals surface area (Å²) in [6.45, 7) is 3.44. The number of nitro groups is 1. The fourth-order valence-electron chi connectivity index (χ4n) is 2.18. The summed E-state index contributed by atoms with van der Waals surface area (Å²) in [5, 5.41) is 25.5. The van der Waals surface area contributed by atoms with Crippen molar-refractivity contribution < 1.29 is 13.8 Å². The van der Waals surface area contributed by atoms with Gasteiger partial charge in [0.25, 0.3) is 5.69 Å². The zero-order valence-electron chi connectivity index (χ0n) is 15.1. The van der Waals surface area contributed by atoms with Crippen molar-refractivity contribution in [2.45, 2.75) is 13.8 Å². The molecule has 0 bridgehead atoms. The summed E-state index contributed by atoms with van der Waals surface area (Å²) in [7, 11) is 0. The van der Waals surface area contributed by atoms with Gasteiger partial charge < -0.3 is 14.6 Å². The van der Waals surface area contributed by atoms with Gasteiger partial charge in [-0.1, -0.05) is 0 Å². The summed E-state index contributed by atoms with van der Waals surface area (Å²) >= 11 is 0. The number of rotatable bonds is 3. The topological polar surface area (TPSA) is 147 Å². The summed E-state index contributed by atoms with van der Waals surface area (Å²) in [5.41, 5.74) is 7.85. The minimum absolute atomic E-state index is 0.0370. The van der Waals surface area contributed by atoms with Crippen LogP contribution in [0, 0.1) is 24.0 Å². The number of hydrogen-bond donors (Lipinski definition) is 1. The lowest BCUT2D eigenvalue weighted by Crippen LogP contribution is -1.87. The number of nitrogens with zero attached hydrogens (tertiary/aromatic N) is 5. The van der Waals surface area contributed by atoms with Crippen LogP contribution in [0.1, 0.15) is 11.8 Å². The molecule has 10 heteroatoms. The number of aryl methyl sites for hydroxylation is 2. The van der Waals surface area contributed by atoms with Crippen LogP contribution in [-0.2, 0) is 0 Å². The van der Waals surface area contributed by atoms with Gasteiger partial charge in [-0.15, -0.1) is 20.4 Å². The molecule has 0 atom stereocenters. The van der Waals surface area contributed by atoms with Crippen molar-refractivity contribution in [3.8, 4) is 22.9 Å². The van der Waals surface area contributed by atoms with Crippen LogP contribution in [0.3, 0.4) is 0 Å². The number of nitrogens with two attached hydrogens (primary N) is 1. The van der Waals surface area contributed by atoms with Crippen molar-refractivity contribution in [2.75, 3.05) is 5.73 Å². The highest BCUT2D eigenvalue weighted by Crippen LogP contribution is 2.21. The Labute approximate surface area is 159 Å². The average molecular weight is 380 g/mol. The fraction of sp³-hybridized carbons (Fsp3) is 0.111. The zero-order valence-corrected chi connectivity index (χ0v) is 15.1. The molecule has 0 saturated heterocycles. The van der Waals surface area contributed by atoms with Gasteiger partial charge in [0.1, 0.15) is 0 Å². The van der Waals surface area contributed by atoms with Crippen LogP contribution in [0.15, 0.2) is 57.4 Å². The van der Waals surface area contributed by atoms with E-state index in [1.54, 1.807) is 38.1 Å². The molecule has 0 aliphatic heterocycles. The van der Waals surface area contributed by atoms with E-state index in [1.807, 2.05) is 12.1 Å². The molecule has 2 heterocycles. The summed E-state index contributed by atoms with van der Waals surface area (Å²) in [5.74, 6) is 1.91. The molecule has 2 aromatic carbocycles. The summed E-state index contributed by atoms with van der Waals surface area (Å²) in [6.07, 6.45) is 0. The lowest BCUT2D eigenvalue weighted by molar-refractivity contribution is -0.384. The van der Waals surface area contributed by atoms with Crippen LogP contribution in [-0.4, -0.2) is 25.3 Å². The van der Waals surface area contributed by atoms with Crippen molar-refractivity contribution in [1.29, 1.82) is 0 Å². The predicted molar refractivity (Wildman–Crippen MR) is 100 cm³/mol. The first-order valence-corrected chi connectivity index (χ1v) is 8.13. The molecular weight excluding hydrogens is 364 g/mol. The number of nitro benzene ring substituents is 1. The molecule has 4 aromatic rings. The smallest absolute Gasteiger partial charge is 0.269 e. The first-order chi connectivity index (χ1) is 13.4. The number of hydrogen-bond acceptors (Lipinski definition) is 9. The minimum atomic E-state index is -0.456. The normalized spacial score (nSPS) is 10.2. The Kier molecular flexibility index (Phi) is 5.40. The van der Waals surface area contributed by atoms with Gasteiger partial charge in [-0.3, -0.25) is 10.1 Å². The van der Waals surface area contributed by atoms with Crippen molar-refractivity contribution in [3.63, 3.8) is 0 Å². The third-order valence-corrected chi connectivity index (χ3v) is 3.53. The van der Waals surface area contributed by atoms with Crippen LogP contribution >= 0.6 is 0 Å². The van der Waals surface area contributed by atoms with E-state index in [4.69, 9.17) is 14.6 Å². The first-order valence-electron chi connectivity index (χ1n) is 8.13. The molecule has 10 nitrogen and oxygen atoms in total. The molecule has 0 fully saturated rings. The molecule has 2 N–H and O–H groups in total. The fourth-order valence-corrected chi connectivity index (χ4v) is 2.18. The molecule has 0 spiro atoms. The standard InChI is InChI=1S/C9H7N3O3.C9H9N3O/c1-6-10-11-9(15-6)7-2-4-8(5-3-7)12(13)14;1-6-11-12-9(13-6)7-2-4-8(10)5-3-7/h2-5H,1H3;2-5H,10H2,1H3. The van der Waals surface area contributed by atoms with E-state index in [0.717, 1.165) is 11.3 Å². The van der Waals surface area contributed by atoms with Crippen LogP contribution in [0.5, 0.6) is 0 Å². The number of nitrogen functional groups attached to an aromatic ring is 1. The maximum absolute atomic E-state index is 10.4. The molecule has 0 aliphatic rings. The van der Waals surface area contributed by atoms with Gasteiger partial charge in [-0.25, -0.2) is 0 Å². The highest BCUT2D eigenvalue weighted by Gasteiger charge is 2.09. The van der Waals surface area contributed by atoms with E-state index >= 15 is 0 Å². The Bertz CT molecular complexity index is 1070. The van der Waals surface area contributed by atoms with Gasteiger partial charge in [0.2, 0.25) is 23.6 Å². The van der Waals surface area contributed by atoms with Crippen molar-refractivity contribution in [2.24, 2.45) is 0 Å². The molecule has 0 saturated carbocycles. The molecule has 2 aromatic heterocycles. The van der Waals surface area contributed by atoms with Crippen molar-refractivity contribution in [3.05, 3.63) is 70.4 Å². The first kappa shape index (κ1) is 18.7. The average Bonchev–Trinajstić information content (AvgIpc) is 3.31. The lowest BCUT2D eigenvalue weighted by Gasteiger charge is -1.94. The van der Waals surface area contributed by atoms with E-state index in [9.17, 15) is 10.1 Å². The van der Waals surface area contributed by atoms with Crippen LogP contribution in [0.2, 0.25) is 0 Å². The monoisotopic (exact) mass is 380 g/mol. The van der Waals surface area contributed by atoms with Crippen molar-refractivity contribution >= 4 is 11.4 Å². The molecule has 0 unspecified atom stereocenters. The van der Waals surface area contributed by atoms with Gasteiger partial charge in [0.15, 0.2) is 0 Å². The van der Waals surface area contributed by atoms with Gasteiger partial charge in [0.05, 0.1) is 4.92 Å². The van der Waals surface area contributed by atoms with E-state index in [0.29, 0.717) is 29.1 Å². The number of anilines is 1. The summed E-state index contributed by atoms with van der Waals surface area (Å²) in [6, 6.07) is 13.2. The Morgan fingerprint density at radius 3 is 1.57 bits per heavy atom.